The van der Waals surface area contributed by atoms with Gasteiger partial charge in [-0.05, 0) is 17.7 Å². The lowest BCUT2D eigenvalue weighted by atomic mass is 10.1. The molecule has 5 nitrogen and oxygen atoms in total. The van der Waals surface area contributed by atoms with Gasteiger partial charge in [0.2, 0.25) is 0 Å². The first kappa shape index (κ1) is 11.7. The molecule has 1 N–H and O–H groups in total. The molecule has 1 aromatic carbocycles. The number of rotatable bonds is 3. The van der Waals surface area contributed by atoms with Crippen molar-refractivity contribution in [2.24, 2.45) is 0 Å². The van der Waals surface area contributed by atoms with E-state index in [1.165, 1.54) is 5.56 Å². The average molecular weight is 310 g/mol. The molecule has 1 aliphatic rings. The number of nitrogens with zero attached hydrogens (tertiary/aromatic N) is 3. The van der Waals surface area contributed by atoms with Crippen molar-refractivity contribution in [3.63, 3.8) is 0 Å². The third-order valence-electron chi connectivity index (χ3n) is 3.00. The monoisotopic (exact) mass is 309 g/mol. The molecule has 2 heterocycles. The highest BCUT2D eigenvalue weighted by atomic mass is 79.9. The highest BCUT2D eigenvalue weighted by Crippen LogP contribution is 2.33. The number of aromatic nitrogens is 3. The first-order valence-electron chi connectivity index (χ1n) is 5.69. The molecule has 6 heteroatoms. The summed E-state index contributed by atoms with van der Waals surface area (Å²) in [6, 6.07) is 4.12. The van der Waals surface area contributed by atoms with E-state index < -0.39 is 0 Å². The van der Waals surface area contributed by atoms with Crippen molar-refractivity contribution < 1.29 is 9.84 Å². The smallest absolute Gasteiger partial charge is 0.158 e. The zero-order chi connectivity index (χ0) is 12.5. The molecule has 1 aliphatic heterocycles. The Labute approximate surface area is 113 Å². The predicted octanol–water partition coefficient (Wildman–Crippen LogP) is 1.52. The summed E-state index contributed by atoms with van der Waals surface area (Å²) in [5, 5.41) is 16.8. The van der Waals surface area contributed by atoms with E-state index in [-0.39, 0.29) is 6.61 Å². The maximum atomic E-state index is 9.17. The van der Waals surface area contributed by atoms with E-state index in [2.05, 4.69) is 32.2 Å². The first-order chi connectivity index (χ1) is 8.78. The van der Waals surface area contributed by atoms with Crippen molar-refractivity contribution in [1.29, 1.82) is 0 Å². The van der Waals surface area contributed by atoms with Crippen molar-refractivity contribution in [3.05, 3.63) is 39.9 Å². The van der Waals surface area contributed by atoms with Crippen LogP contribution in [0.3, 0.4) is 0 Å². The minimum Gasteiger partial charge on any atom is -0.493 e. The van der Waals surface area contributed by atoms with Crippen LogP contribution in [-0.4, -0.2) is 26.5 Å². The highest BCUT2D eigenvalue weighted by molar-refractivity contribution is 9.10. The number of aliphatic hydroxyl groups excluding tert-OH is 1. The molecule has 2 aromatic rings. The van der Waals surface area contributed by atoms with E-state index in [4.69, 9.17) is 9.84 Å². The number of hydrogen-bond acceptors (Lipinski definition) is 4. The fraction of sp³-hybridized carbons (Fsp3) is 0.333. The van der Waals surface area contributed by atoms with Gasteiger partial charge >= 0.3 is 0 Å². The van der Waals surface area contributed by atoms with Crippen molar-refractivity contribution >= 4 is 15.9 Å². The largest absolute Gasteiger partial charge is 0.493 e. The van der Waals surface area contributed by atoms with E-state index in [0.29, 0.717) is 12.4 Å². The molecule has 0 unspecified atom stereocenters. The predicted molar refractivity (Wildman–Crippen MR) is 68.4 cm³/mol. The third kappa shape index (κ3) is 2.02. The maximum Gasteiger partial charge on any atom is 0.158 e. The van der Waals surface area contributed by atoms with Crippen LogP contribution in [-0.2, 0) is 19.6 Å². The molecule has 0 aliphatic carbocycles. The molecule has 0 fully saturated rings. The molecule has 3 rings (SSSR count). The van der Waals surface area contributed by atoms with Gasteiger partial charge in [0.15, 0.2) is 5.82 Å². The van der Waals surface area contributed by atoms with Gasteiger partial charge in [-0.15, -0.1) is 10.2 Å². The van der Waals surface area contributed by atoms with E-state index in [9.17, 15) is 0 Å². The zero-order valence-corrected chi connectivity index (χ0v) is 11.2. The number of fused-ring (bicyclic) bond motifs is 1. The van der Waals surface area contributed by atoms with Crippen LogP contribution in [0.5, 0.6) is 5.75 Å². The Morgan fingerprint density at radius 3 is 3.17 bits per heavy atom. The zero-order valence-electron chi connectivity index (χ0n) is 9.64. The minimum absolute atomic E-state index is 0.114. The highest BCUT2D eigenvalue weighted by Gasteiger charge is 2.18. The normalized spacial score (nSPS) is 13.4. The van der Waals surface area contributed by atoms with E-state index in [0.717, 1.165) is 28.8 Å². The van der Waals surface area contributed by atoms with Crippen LogP contribution in [0.2, 0.25) is 0 Å². The van der Waals surface area contributed by atoms with Crippen LogP contribution in [0, 0.1) is 0 Å². The Balaban J connectivity index is 1.98. The van der Waals surface area contributed by atoms with E-state index in [1.807, 2.05) is 10.6 Å². The van der Waals surface area contributed by atoms with Gasteiger partial charge in [-0.3, -0.25) is 0 Å². The number of aliphatic hydroxyl groups is 1. The second kappa shape index (κ2) is 4.70. The summed E-state index contributed by atoms with van der Waals surface area (Å²) in [7, 11) is 0. The van der Waals surface area contributed by atoms with Gasteiger partial charge in [-0.1, -0.05) is 15.9 Å². The van der Waals surface area contributed by atoms with Gasteiger partial charge in [-0.2, -0.15) is 0 Å². The Hall–Kier alpha value is -1.40. The SMILES string of the molecule is OCc1nncn1Cc1cc(Br)cc2c1OCC2. The lowest BCUT2D eigenvalue weighted by Crippen LogP contribution is -2.05. The summed E-state index contributed by atoms with van der Waals surface area (Å²) in [5.41, 5.74) is 2.30. The molecular weight excluding hydrogens is 298 g/mol. The van der Waals surface area contributed by atoms with Crippen LogP contribution in [0.25, 0.3) is 0 Å². The summed E-state index contributed by atoms with van der Waals surface area (Å²) in [6.45, 7) is 1.22. The average Bonchev–Trinajstić information content (AvgIpc) is 2.96. The number of halogens is 1. The van der Waals surface area contributed by atoms with Gasteiger partial charge in [0.25, 0.3) is 0 Å². The van der Waals surface area contributed by atoms with Crippen molar-refractivity contribution in [2.75, 3.05) is 6.61 Å². The van der Waals surface area contributed by atoms with Gasteiger partial charge in [0, 0.05) is 16.5 Å². The Kier molecular flexibility index (Phi) is 3.05. The van der Waals surface area contributed by atoms with Gasteiger partial charge in [0.1, 0.15) is 18.7 Å². The first-order valence-corrected chi connectivity index (χ1v) is 6.49. The molecule has 0 atom stereocenters. The second-order valence-electron chi connectivity index (χ2n) is 4.18. The molecule has 0 spiro atoms. The second-order valence-corrected chi connectivity index (χ2v) is 5.10. The fourth-order valence-corrected chi connectivity index (χ4v) is 2.73. The summed E-state index contributed by atoms with van der Waals surface area (Å²) >= 11 is 3.51. The van der Waals surface area contributed by atoms with Crippen LogP contribution in [0.15, 0.2) is 22.9 Å². The summed E-state index contributed by atoms with van der Waals surface area (Å²) in [6.07, 6.45) is 2.56. The van der Waals surface area contributed by atoms with E-state index >= 15 is 0 Å². The van der Waals surface area contributed by atoms with Crippen LogP contribution in [0.1, 0.15) is 17.0 Å². The number of benzene rings is 1. The molecule has 0 bridgehead atoms. The molecule has 1 aromatic heterocycles. The van der Waals surface area contributed by atoms with Crippen LogP contribution in [0.4, 0.5) is 0 Å². The van der Waals surface area contributed by atoms with Crippen molar-refractivity contribution in [2.45, 2.75) is 19.6 Å². The lowest BCUT2D eigenvalue weighted by molar-refractivity contribution is 0.265. The fourth-order valence-electron chi connectivity index (χ4n) is 2.18. The Morgan fingerprint density at radius 1 is 1.44 bits per heavy atom. The molecule has 18 heavy (non-hydrogen) atoms. The molecule has 0 radical (unpaired) electrons. The maximum absolute atomic E-state index is 9.17. The lowest BCUT2D eigenvalue weighted by Gasteiger charge is -2.10. The molecule has 0 amide bonds. The standard InChI is InChI=1S/C12H12BrN3O2/c13-10-3-8-1-2-18-12(8)9(4-10)5-16-7-14-15-11(16)6-17/h3-4,7,17H,1-2,5-6H2. The van der Waals surface area contributed by atoms with Gasteiger partial charge in [0.05, 0.1) is 13.2 Å². The minimum atomic E-state index is -0.114. The van der Waals surface area contributed by atoms with E-state index in [1.54, 1.807) is 6.33 Å². The Bertz CT molecular complexity index is 583. The third-order valence-corrected chi connectivity index (χ3v) is 3.46. The molecule has 94 valence electrons. The van der Waals surface area contributed by atoms with Crippen molar-refractivity contribution in [1.82, 2.24) is 14.8 Å². The molecule has 0 saturated carbocycles. The van der Waals surface area contributed by atoms with Crippen molar-refractivity contribution in [3.8, 4) is 5.75 Å². The Morgan fingerprint density at radius 2 is 2.33 bits per heavy atom. The molecular formula is C12H12BrN3O2. The molecule has 0 saturated heterocycles. The summed E-state index contributed by atoms with van der Waals surface area (Å²) in [5.74, 6) is 1.51. The van der Waals surface area contributed by atoms with Gasteiger partial charge < -0.3 is 14.4 Å². The van der Waals surface area contributed by atoms with Crippen LogP contribution >= 0.6 is 15.9 Å². The topological polar surface area (TPSA) is 60.2 Å². The number of ether oxygens (including phenoxy) is 1. The van der Waals surface area contributed by atoms with Gasteiger partial charge in [-0.25, -0.2) is 0 Å². The summed E-state index contributed by atoms with van der Waals surface area (Å²) in [4.78, 5) is 0. The summed E-state index contributed by atoms with van der Waals surface area (Å²) < 4.78 is 8.53. The van der Waals surface area contributed by atoms with Crippen LogP contribution < -0.4 is 4.74 Å². The number of hydrogen-bond donors (Lipinski definition) is 1. The quantitative estimate of drug-likeness (QED) is 0.934.